The first kappa shape index (κ1) is 10.4. The van der Waals surface area contributed by atoms with Crippen LogP contribution in [0.3, 0.4) is 0 Å². The van der Waals surface area contributed by atoms with Crippen LogP contribution in [0, 0.1) is 6.92 Å². The minimum absolute atomic E-state index is 0.0868. The van der Waals surface area contributed by atoms with Crippen molar-refractivity contribution in [1.82, 2.24) is 0 Å². The molecule has 81 valence electrons. The summed E-state index contributed by atoms with van der Waals surface area (Å²) in [5.74, 6) is 0.0868. The first-order valence-electron chi connectivity index (χ1n) is 4.70. The molecule has 2 rings (SSSR count). The van der Waals surface area contributed by atoms with E-state index in [1.54, 1.807) is 24.3 Å². The molecule has 0 aliphatic carbocycles. The van der Waals surface area contributed by atoms with Crippen molar-refractivity contribution in [2.45, 2.75) is 0 Å². The van der Waals surface area contributed by atoms with Crippen molar-refractivity contribution in [3.8, 4) is 5.75 Å². The zero-order chi connectivity index (χ0) is 11.7. The number of rotatable bonds is 3. The van der Waals surface area contributed by atoms with Gasteiger partial charge in [0.15, 0.2) is 5.75 Å². The van der Waals surface area contributed by atoms with E-state index in [1.807, 2.05) is 0 Å². The van der Waals surface area contributed by atoms with Crippen molar-refractivity contribution in [3.05, 3.63) is 57.2 Å². The van der Waals surface area contributed by atoms with Crippen molar-refractivity contribution in [2.24, 2.45) is 0 Å². The van der Waals surface area contributed by atoms with Crippen LogP contribution in [0.15, 0.2) is 33.9 Å². The molecule has 0 bridgehead atoms. The summed E-state index contributed by atoms with van der Waals surface area (Å²) >= 11 is 0. The van der Waals surface area contributed by atoms with Crippen molar-refractivity contribution in [1.29, 1.82) is 0 Å². The number of nitrogens with one attached hydrogen (secondary N) is 1. The molecular formula is C12H10NO3. The number of ether oxygens (including phenoxy) is 1. The lowest BCUT2D eigenvalue weighted by Gasteiger charge is -2.11. The number of hydrogen-bond donors (Lipinski definition) is 1. The third-order valence-corrected chi connectivity index (χ3v) is 2.29. The van der Waals surface area contributed by atoms with Gasteiger partial charge in [0, 0.05) is 5.69 Å². The maximum absolute atomic E-state index is 11.2. The van der Waals surface area contributed by atoms with Crippen molar-refractivity contribution >= 4 is 11.4 Å². The summed E-state index contributed by atoms with van der Waals surface area (Å²) in [4.78, 5) is 22.3. The smallest absolute Gasteiger partial charge is 0.272 e. The van der Waals surface area contributed by atoms with Gasteiger partial charge in [-0.25, -0.2) is 0 Å². The summed E-state index contributed by atoms with van der Waals surface area (Å²) in [5, 5.41) is 2.84. The van der Waals surface area contributed by atoms with E-state index in [-0.39, 0.29) is 11.4 Å². The van der Waals surface area contributed by atoms with Gasteiger partial charge < -0.3 is 10.1 Å². The van der Waals surface area contributed by atoms with Crippen LogP contribution in [0.1, 0.15) is 5.56 Å². The topological polar surface area (TPSA) is 55.4 Å². The van der Waals surface area contributed by atoms with Gasteiger partial charge in [-0.3, -0.25) is 9.59 Å². The maximum Gasteiger partial charge on any atom is 0.272 e. The van der Waals surface area contributed by atoms with Gasteiger partial charge >= 0.3 is 0 Å². The second kappa shape index (κ2) is 3.81. The lowest BCUT2D eigenvalue weighted by atomic mass is 10.2. The highest BCUT2D eigenvalue weighted by atomic mass is 16.5. The second-order valence-electron chi connectivity index (χ2n) is 3.39. The standard InChI is InChI=1S/C12H10NO3/c1-7-3-5-8(6-4-7)13-9-10(14)11(15)12(9)16-2/h3-6,13H,1H2,2H3. The molecule has 0 fully saturated rings. The Morgan fingerprint density at radius 3 is 2.31 bits per heavy atom. The number of benzene rings is 1. The molecule has 4 nitrogen and oxygen atoms in total. The van der Waals surface area contributed by atoms with E-state index in [0.717, 1.165) is 11.3 Å². The van der Waals surface area contributed by atoms with E-state index in [2.05, 4.69) is 12.2 Å². The predicted octanol–water partition coefficient (Wildman–Crippen LogP) is 1.22. The second-order valence-corrected chi connectivity index (χ2v) is 3.39. The minimum Gasteiger partial charge on any atom is -0.491 e. The zero-order valence-electron chi connectivity index (χ0n) is 8.74. The van der Waals surface area contributed by atoms with E-state index < -0.39 is 10.9 Å². The molecule has 0 unspecified atom stereocenters. The monoisotopic (exact) mass is 216 g/mol. The summed E-state index contributed by atoms with van der Waals surface area (Å²) in [6, 6.07) is 7.16. The molecular weight excluding hydrogens is 206 g/mol. The van der Waals surface area contributed by atoms with E-state index >= 15 is 0 Å². The summed E-state index contributed by atoms with van der Waals surface area (Å²) in [6.45, 7) is 3.75. The fourth-order valence-corrected chi connectivity index (χ4v) is 1.41. The molecule has 0 amide bonds. The molecule has 0 heterocycles. The van der Waals surface area contributed by atoms with Gasteiger partial charge in [0.25, 0.3) is 10.9 Å². The van der Waals surface area contributed by atoms with Gasteiger partial charge in [-0.05, 0) is 24.6 Å². The predicted molar refractivity (Wildman–Crippen MR) is 62.1 cm³/mol. The molecule has 0 saturated heterocycles. The SMILES string of the molecule is [CH2]c1ccc(Nc2c(OC)c(=O)c2=O)cc1. The van der Waals surface area contributed by atoms with Gasteiger partial charge in [0.1, 0.15) is 5.69 Å². The van der Waals surface area contributed by atoms with E-state index in [9.17, 15) is 9.59 Å². The Balaban J connectivity index is 2.28. The summed E-state index contributed by atoms with van der Waals surface area (Å²) < 4.78 is 4.81. The molecule has 1 radical (unpaired) electrons. The highest BCUT2D eigenvalue weighted by Gasteiger charge is 2.21. The summed E-state index contributed by atoms with van der Waals surface area (Å²) in [7, 11) is 1.36. The Morgan fingerprint density at radius 2 is 1.75 bits per heavy atom. The first-order chi connectivity index (χ1) is 7.63. The molecule has 1 N–H and O–H groups in total. The molecule has 0 saturated carbocycles. The van der Waals surface area contributed by atoms with Crippen LogP contribution in [0.25, 0.3) is 0 Å². The quantitative estimate of drug-likeness (QED) is 0.784. The molecule has 16 heavy (non-hydrogen) atoms. The minimum atomic E-state index is -0.584. The number of methoxy groups -OCH3 is 1. The molecule has 0 atom stereocenters. The third-order valence-electron chi connectivity index (χ3n) is 2.29. The van der Waals surface area contributed by atoms with Crippen molar-refractivity contribution < 1.29 is 4.74 Å². The van der Waals surface area contributed by atoms with E-state index in [1.165, 1.54) is 7.11 Å². The molecule has 0 aromatic heterocycles. The lowest BCUT2D eigenvalue weighted by molar-refractivity contribution is 0.408. The van der Waals surface area contributed by atoms with Crippen LogP contribution in [-0.4, -0.2) is 7.11 Å². The van der Waals surface area contributed by atoms with Crippen molar-refractivity contribution in [3.63, 3.8) is 0 Å². The third kappa shape index (κ3) is 1.58. The Hall–Kier alpha value is -2.10. The Morgan fingerprint density at radius 1 is 1.12 bits per heavy atom. The summed E-state index contributed by atoms with van der Waals surface area (Å²) in [5.41, 5.74) is 0.680. The highest BCUT2D eigenvalue weighted by molar-refractivity contribution is 5.69. The summed E-state index contributed by atoms with van der Waals surface area (Å²) in [6.07, 6.45) is 0. The molecule has 0 aliphatic rings. The van der Waals surface area contributed by atoms with Gasteiger partial charge in [0.2, 0.25) is 0 Å². The average Bonchev–Trinajstić information content (AvgIpc) is 2.30. The molecule has 0 spiro atoms. The van der Waals surface area contributed by atoms with E-state index in [0.29, 0.717) is 0 Å². The molecule has 2 aromatic carbocycles. The normalized spacial score (nSPS) is 10.4. The average molecular weight is 216 g/mol. The van der Waals surface area contributed by atoms with Crippen LogP contribution < -0.4 is 20.9 Å². The Labute approximate surface area is 92.2 Å². The fraction of sp³-hybridized carbons (Fsp3) is 0.0833. The Kier molecular flexibility index (Phi) is 2.48. The largest absolute Gasteiger partial charge is 0.491 e. The maximum atomic E-state index is 11.2. The number of anilines is 2. The van der Waals surface area contributed by atoms with Crippen LogP contribution in [0.5, 0.6) is 5.75 Å². The molecule has 0 aliphatic heterocycles. The van der Waals surface area contributed by atoms with Crippen LogP contribution in [0.2, 0.25) is 0 Å². The molecule has 4 heteroatoms. The van der Waals surface area contributed by atoms with E-state index in [4.69, 9.17) is 4.74 Å². The van der Waals surface area contributed by atoms with Gasteiger partial charge in [-0.15, -0.1) is 0 Å². The van der Waals surface area contributed by atoms with Gasteiger partial charge in [0.05, 0.1) is 7.11 Å². The van der Waals surface area contributed by atoms with Crippen molar-refractivity contribution in [2.75, 3.05) is 12.4 Å². The van der Waals surface area contributed by atoms with Gasteiger partial charge in [-0.1, -0.05) is 12.1 Å². The first-order valence-corrected chi connectivity index (χ1v) is 4.70. The molecule has 2 aromatic rings. The number of hydrogen-bond acceptors (Lipinski definition) is 4. The Bertz CT molecular complexity index is 577. The van der Waals surface area contributed by atoms with Crippen LogP contribution in [0.4, 0.5) is 11.4 Å². The fourth-order valence-electron chi connectivity index (χ4n) is 1.41. The highest BCUT2D eigenvalue weighted by Crippen LogP contribution is 2.22. The lowest BCUT2D eigenvalue weighted by Crippen LogP contribution is -2.34. The van der Waals surface area contributed by atoms with Crippen LogP contribution >= 0.6 is 0 Å². The zero-order valence-corrected chi connectivity index (χ0v) is 8.74. The van der Waals surface area contributed by atoms with Crippen LogP contribution in [-0.2, 0) is 0 Å². The van der Waals surface area contributed by atoms with Gasteiger partial charge in [-0.2, -0.15) is 0 Å².